The summed E-state index contributed by atoms with van der Waals surface area (Å²) in [5.41, 5.74) is 0. The van der Waals surface area contributed by atoms with Crippen LogP contribution in [0.4, 0.5) is 5.95 Å². The fraction of sp³-hybridized carbons (Fsp3) is 0.545. The molecule has 0 spiro atoms. The van der Waals surface area contributed by atoms with Gasteiger partial charge in [-0.3, -0.25) is 0 Å². The summed E-state index contributed by atoms with van der Waals surface area (Å²) < 4.78 is 1.43. The number of aromatic nitrogens is 6. The Kier molecular flexibility index (Phi) is 3.75. The Labute approximate surface area is 120 Å². The van der Waals surface area contributed by atoms with Crippen LogP contribution in [0.5, 0.6) is 0 Å². The van der Waals surface area contributed by atoms with E-state index in [4.69, 9.17) is 11.6 Å². The molecule has 106 valence electrons. The van der Waals surface area contributed by atoms with Gasteiger partial charge in [-0.2, -0.15) is 24.7 Å². The highest BCUT2D eigenvalue weighted by atomic mass is 35.5. The number of aliphatic hydroxyl groups excluding tert-OH is 1. The van der Waals surface area contributed by atoms with Crippen molar-refractivity contribution >= 4 is 17.5 Å². The third kappa shape index (κ3) is 2.56. The number of aliphatic hydroxyl groups is 1. The van der Waals surface area contributed by atoms with Crippen molar-refractivity contribution in [3.8, 4) is 5.95 Å². The van der Waals surface area contributed by atoms with Crippen molar-refractivity contribution in [2.75, 3.05) is 18.1 Å². The number of halogens is 1. The van der Waals surface area contributed by atoms with Gasteiger partial charge in [0.15, 0.2) is 0 Å². The molecule has 2 aromatic heterocycles. The molecule has 8 nitrogen and oxygen atoms in total. The molecule has 0 aromatic carbocycles. The number of rotatable bonds is 3. The van der Waals surface area contributed by atoms with E-state index in [1.54, 1.807) is 0 Å². The van der Waals surface area contributed by atoms with E-state index in [0.717, 1.165) is 25.8 Å². The fourth-order valence-electron chi connectivity index (χ4n) is 2.33. The number of hydrogen-bond donors (Lipinski definition) is 1. The van der Waals surface area contributed by atoms with Crippen molar-refractivity contribution in [2.45, 2.75) is 25.3 Å². The van der Waals surface area contributed by atoms with Crippen LogP contribution in [0.15, 0.2) is 12.7 Å². The van der Waals surface area contributed by atoms with Gasteiger partial charge in [0.2, 0.25) is 11.2 Å². The van der Waals surface area contributed by atoms with Crippen molar-refractivity contribution in [1.29, 1.82) is 0 Å². The lowest BCUT2D eigenvalue weighted by atomic mass is 10.0. The summed E-state index contributed by atoms with van der Waals surface area (Å²) in [6.45, 7) is 0.865. The molecule has 3 rings (SSSR count). The Morgan fingerprint density at radius 3 is 2.85 bits per heavy atom. The Morgan fingerprint density at radius 1 is 1.25 bits per heavy atom. The number of nitrogens with zero attached hydrogens (tertiary/aromatic N) is 7. The normalized spacial score (nSPS) is 19.3. The van der Waals surface area contributed by atoms with Crippen LogP contribution in [-0.4, -0.2) is 54.0 Å². The topological polar surface area (TPSA) is 92.8 Å². The van der Waals surface area contributed by atoms with Gasteiger partial charge >= 0.3 is 0 Å². The van der Waals surface area contributed by atoms with E-state index in [1.165, 1.54) is 17.3 Å². The standard InChI is InChI=1S/C11H14ClN7O/c12-9-15-10(18-4-2-1-3-8(18)5-20)17-11(16-9)19-7-13-6-14-19/h6-8,20H,1-5H2. The minimum absolute atomic E-state index is 0.0193. The van der Waals surface area contributed by atoms with E-state index in [1.807, 2.05) is 4.90 Å². The molecule has 1 saturated heterocycles. The molecule has 1 atom stereocenters. The number of hydrogen-bond acceptors (Lipinski definition) is 7. The summed E-state index contributed by atoms with van der Waals surface area (Å²) in [6, 6.07) is 0.0193. The molecule has 0 amide bonds. The zero-order valence-corrected chi connectivity index (χ0v) is 11.5. The van der Waals surface area contributed by atoms with E-state index < -0.39 is 0 Å². The van der Waals surface area contributed by atoms with Gasteiger partial charge in [0, 0.05) is 6.54 Å². The maximum absolute atomic E-state index is 9.47. The largest absolute Gasteiger partial charge is 0.394 e. The van der Waals surface area contributed by atoms with Crippen molar-refractivity contribution in [1.82, 2.24) is 29.7 Å². The van der Waals surface area contributed by atoms with Gasteiger partial charge in [-0.15, -0.1) is 0 Å². The lowest BCUT2D eigenvalue weighted by molar-refractivity contribution is 0.238. The summed E-state index contributed by atoms with van der Waals surface area (Å²) in [6.07, 6.45) is 5.94. The second-order valence-electron chi connectivity index (χ2n) is 4.57. The SMILES string of the molecule is OCC1CCCCN1c1nc(Cl)nc(-n2cncn2)n1. The first-order valence-corrected chi connectivity index (χ1v) is 6.80. The van der Waals surface area contributed by atoms with Crippen LogP contribution < -0.4 is 4.90 Å². The van der Waals surface area contributed by atoms with Gasteiger partial charge < -0.3 is 10.0 Å². The van der Waals surface area contributed by atoms with Gasteiger partial charge in [0.25, 0.3) is 5.95 Å². The number of anilines is 1. The Hall–Kier alpha value is -1.80. The molecule has 9 heteroatoms. The van der Waals surface area contributed by atoms with Gasteiger partial charge in [-0.25, -0.2) is 4.98 Å². The molecule has 2 aromatic rings. The second-order valence-corrected chi connectivity index (χ2v) is 4.91. The highest BCUT2D eigenvalue weighted by Gasteiger charge is 2.25. The van der Waals surface area contributed by atoms with E-state index in [2.05, 4.69) is 25.0 Å². The Balaban J connectivity index is 1.96. The van der Waals surface area contributed by atoms with Crippen molar-refractivity contribution < 1.29 is 5.11 Å². The van der Waals surface area contributed by atoms with E-state index in [9.17, 15) is 5.11 Å². The Morgan fingerprint density at radius 2 is 2.10 bits per heavy atom. The zero-order valence-electron chi connectivity index (χ0n) is 10.7. The fourth-order valence-corrected chi connectivity index (χ4v) is 2.48. The molecule has 1 aliphatic heterocycles. The molecule has 0 saturated carbocycles. The summed E-state index contributed by atoms with van der Waals surface area (Å²) >= 11 is 5.96. The molecule has 0 aliphatic carbocycles. The maximum atomic E-state index is 9.47. The smallest absolute Gasteiger partial charge is 0.258 e. The van der Waals surface area contributed by atoms with Crippen molar-refractivity contribution in [3.05, 3.63) is 17.9 Å². The molecule has 1 aliphatic rings. The van der Waals surface area contributed by atoms with Crippen LogP contribution in [0.1, 0.15) is 19.3 Å². The molecular formula is C11H14ClN7O. The lowest BCUT2D eigenvalue weighted by Crippen LogP contribution is -2.43. The third-order valence-electron chi connectivity index (χ3n) is 3.30. The maximum Gasteiger partial charge on any atom is 0.258 e. The zero-order chi connectivity index (χ0) is 13.9. The molecular weight excluding hydrogens is 282 g/mol. The van der Waals surface area contributed by atoms with Crippen molar-refractivity contribution in [3.63, 3.8) is 0 Å². The highest BCUT2D eigenvalue weighted by molar-refractivity contribution is 6.28. The summed E-state index contributed by atoms with van der Waals surface area (Å²) in [7, 11) is 0. The van der Waals surface area contributed by atoms with Crippen molar-refractivity contribution in [2.24, 2.45) is 0 Å². The molecule has 3 heterocycles. The van der Waals surface area contributed by atoms with Gasteiger partial charge in [0.1, 0.15) is 12.7 Å². The van der Waals surface area contributed by atoms with Crippen LogP contribution in [0.25, 0.3) is 5.95 Å². The van der Waals surface area contributed by atoms with E-state index >= 15 is 0 Å². The van der Waals surface area contributed by atoms with E-state index in [-0.39, 0.29) is 17.9 Å². The molecule has 0 radical (unpaired) electrons. The third-order valence-corrected chi connectivity index (χ3v) is 3.47. The second kappa shape index (κ2) is 5.68. The highest BCUT2D eigenvalue weighted by Crippen LogP contribution is 2.22. The van der Waals surface area contributed by atoms with Gasteiger partial charge in [-0.1, -0.05) is 0 Å². The first-order chi connectivity index (χ1) is 9.78. The Bertz CT molecular complexity index is 576. The predicted molar refractivity (Wildman–Crippen MR) is 71.8 cm³/mol. The average molecular weight is 296 g/mol. The molecule has 20 heavy (non-hydrogen) atoms. The molecule has 1 unspecified atom stereocenters. The first kappa shape index (κ1) is 13.2. The molecule has 1 N–H and O–H groups in total. The number of piperidine rings is 1. The van der Waals surface area contributed by atoms with Crippen LogP contribution >= 0.6 is 11.6 Å². The first-order valence-electron chi connectivity index (χ1n) is 6.42. The predicted octanol–water partition coefficient (Wildman–Crippen LogP) is 0.457. The quantitative estimate of drug-likeness (QED) is 0.879. The summed E-state index contributed by atoms with van der Waals surface area (Å²) in [5, 5.41) is 13.6. The average Bonchev–Trinajstić information content (AvgIpc) is 3.01. The monoisotopic (exact) mass is 295 g/mol. The van der Waals surface area contributed by atoms with E-state index in [0.29, 0.717) is 11.9 Å². The van der Waals surface area contributed by atoms with Gasteiger partial charge in [0.05, 0.1) is 12.6 Å². The van der Waals surface area contributed by atoms with Gasteiger partial charge in [-0.05, 0) is 30.9 Å². The summed E-state index contributed by atoms with van der Waals surface area (Å²) in [5.74, 6) is 0.786. The minimum atomic E-state index is 0.0193. The van der Waals surface area contributed by atoms with Crippen LogP contribution in [0.2, 0.25) is 5.28 Å². The molecule has 1 fully saturated rings. The lowest BCUT2D eigenvalue weighted by Gasteiger charge is -2.34. The van der Waals surface area contributed by atoms with Crippen LogP contribution in [-0.2, 0) is 0 Å². The minimum Gasteiger partial charge on any atom is -0.394 e. The van der Waals surface area contributed by atoms with Crippen LogP contribution in [0.3, 0.4) is 0 Å². The van der Waals surface area contributed by atoms with Crippen LogP contribution in [0, 0.1) is 0 Å². The molecule has 0 bridgehead atoms. The summed E-state index contributed by atoms with van der Waals surface area (Å²) in [4.78, 5) is 18.4.